The summed E-state index contributed by atoms with van der Waals surface area (Å²) >= 11 is 6.42. The van der Waals surface area contributed by atoms with E-state index >= 15 is 0 Å². The molecule has 1 aromatic carbocycles. The Balaban J connectivity index is 2.13. The van der Waals surface area contributed by atoms with Crippen molar-refractivity contribution in [2.45, 2.75) is 6.92 Å². The van der Waals surface area contributed by atoms with Crippen molar-refractivity contribution in [1.82, 2.24) is 9.97 Å². The van der Waals surface area contributed by atoms with E-state index in [0.29, 0.717) is 26.5 Å². The smallest absolute Gasteiger partial charge is 0.325 e. The second-order valence-electron chi connectivity index (χ2n) is 4.12. The van der Waals surface area contributed by atoms with Crippen LogP contribution in [-0.4, -0.2) is 23.1 Å². The maximum atomic E-state index is 12.0. The van der Waals surface area contributed by atoms with Gasteiger partial charge in [0, 0.05) is 0 Å². The number of carbonyl (C=O) groups is 1. The third-order valence-electron chi connectivity index (χ3n) is 2.54. The fourth-order valence-corrected chi connectivity index (χ4v) is 2.52. The van der Waals surface area contributed by atoms with Gasteiger partial charge in [-0.15, -0.1) is 0 Å². The van der Waals surface area contributed by atoms with Crippen LogP contribution in [0.3, 0.4) is 0 Å². The van der Waals surface area contributed by atoms with E-state index in [1.807, 2.05) is 19.1 Å². The maximum absolute atomic E-state index is 12.0. The van der Waals surface area contributed by atoms with Gasteiger partial charge < -0.3 is 10.1 Å². The molecule has 0 aliphatic rings. The molecule has 0 atom stereocenters. The Kier molecular flexibility index (Phi) is 5.13. The lowest BCUT2D eigenvalue weighted by Crippen LogP contribution is -2.21. The van der Waals surface area contributed by atoms with E-state index < -0.39 is 6.03 Å². The number of rotatable bonds is 3. The first-order chi connectivity index (χ1) is 9.99. The summed E-state index contributed by atoms with van der Waals surface area (Å²) < 4.78 is 6.21. The molecular weight excluding hydrogens is 404 g/mol. The van der Waals surface area contributed by atoms with Crippen molar-refractivity contribution < 1.29 is 9.53 Å². The third kappa shape index (κ3) is 4.15. The molecule has 0 radical (unpaired) electrons. The highest BCUT2D eigenvalue weighted by Gasteiger charge is 2.11. The highest BCUT2D eigenvalue weighted by molar-refractivity contribution is 9.11. The number of urea groups is 1. The SMILES string of the molecule is COc1ccc(C)cc1NC(=O)Nc1ncc(Br)nc1Br. The number of anilines is 2. The number of aryl methyl sites for hydroxylation is 1. The molecule has 8 heteroatoms. The van der Waals surface area contributed by atoms with E-state index in [9.17, 15) is 4.79 Å². The normalized spacial score (nSPS) is 10.1. The van der Waals surface area contributed by atoms with Crippen LogP contribution in [-0.2, 0) is 0 Å². The molecule has 0 bridgehead atoms. The number of nitrogens with one attached hydrogen (secondary N) is 2. The van der Waals surface area contributed by atoms with Gasteiger partial charge in [0.15, 0.2) is 5.82 Å². The molecule has 2 rings (SSSR count). The summed E-state index contributed by atoms with van der Waals surface area (Å²) in [5.41, 5.74) is 1.59. The van der Waals surface area contributed by atoms with Crippen molar-refractivity contribution in [2.75, 3.05) is 17.7 Å². The number of carbonyl (C=O) groups excluding carboxylic acids is 1. The molecule has 0 spiro atoms. The highest BCUT2D eigenvalue weighted by atomic mass is 79.9. The topological polar surface area (TPSA) is 76.1 Å². The summed E-state index contributed by atoms with van der Waals surface area (Å²) in [4.78, 5) is 20.2. The zero-order valence-electron chi connectivity index (χ0n) is 11.3. The van der Waals surface area contributed by atoms with Gasteiger partial charge in [-0.2, -0.15) is 0 Å². The molecular formula is C13H12Br2N4O2. The first-order valence-electron chi connectivity index (χ1n) is 5.90. The van der Waals surface area contributed by atoms with Crippen LogP contribution in [0.5, 0.6) is 5.75 Å². The molecule has 0 fully saturated rings. The summed E-state index contributed by atoms with van der Waals surface area (Å²) in [5, 5.41) is 5.33. The van der Waals surface area contributed by atoms with Crippen molar-refractivity contribution in [3.05, 3.63) is 39.2 Å². The minimum Gasteiger partial charge on any atom is -0.495 e. The van der Waals surface area contributed by atoms with Crippen LogP contribution in [0.2, 0.25) is 0 Å². The van der Waals surface area contributed by atoms with Gasteiger partial charge in [0.1, 0.15) is 15.0 Å². The second-order valence-corrected chi connectivity index (χ2v) is 5.68. The van der Waals surface area contributed by atoms with Crippen molar-refractivity contribution in [3.63, 3.8) is 0 Å². The Morgan fingerprint density at radius 1 is 1.29 bits per heavy atom. The molecule has 1 aromatic heterocycles. The van der Waals surface area contributed by atoms with Gasteiger partial charge in [-0.05, 0) is 56.5 Å². The lowest BCUT2D eigenvalue weighted by molar-refractivity contribution is 0.262. The van der Waals surface area contributed by atoms with E-state index in [2.05, 4.69) is 52.5 Å². The summed E-state index contributed by atoms with van der Waals surface area (Å²) in [6, 6.07) is 5.08. The first-order valence-corrected chi connectivity index (χ1v) is 7.49. The van der Waals surface area contributed by atoms with Crippen LogP contribution >= 0.6 is 31.9 Å². The number of halogens is 2. The van der Waals surface area contributed by atoms with Crippen LogP contribution in [0.1, 0.15) is 5.56 Å². The van der Waals surface area contributed by atoms with Gasteiger partial charge in [0.05, 0.1) is 19.0 Å². The predicted octanol–water partition coefficient (Wildman–Crippen LogP) is 3.96. The minimum atomic E-state index is -0.434. The second kappa shape index (κ2) is 6.86. The van der Waals surface area contributed by atoms with Crippen molar-refractivity contribution in [3.8, 4) is 5.75 Å². The maximum Gasteiger partial charge on any atom is 0.325 e. The van der Waals surface area contributed by atoms with Gasteiger partial charge in [0.25, 0.3) is 0 Å². The lowest BCUT2D eigenvalue weighted by Gasteiger charge is -2.12. The average molecular weight is 416 g/mol. The largest absolute Gasteiger partial charge is 0.495 e. The Bertz CT molecular complexity index is 679. The Hall–Kier alpha value is -1.67. The standard InChI is InChI=1S/C13H12Br2N4O2/c1-7-3-4-9(21-2)8(5-7)17-13(20)19-12-11(15)18-10(14)6-16-12/h3-6H,1-2H3,(H2,16,17,19,20). The predicted molar refractivity (Wildman–Crippen MR) is 87.8 cm³/mol. The number of hydrogen-bond acceptors (Lipinski definition) is 4. The van der Waals surface area contributed by atoms with Gasteiger partial charge in [-0.1, -0.05) is 6.07 Å². The van der Waals surface area contributed by atoms with Crippen LogP contribution in [0.15, 0.2) is 33.6 Å². The zero-order valence-corrected chi connectivity index (χ0v) is 14.4. The van der Waals surface area contributed by atoms with Crippen molar-refractivity contribution in [1.29, 1.82) is 0 Å². The van der Waals surface area contributed by atoms with Crippen LogP contribution < -0.4 is 15.4 Å². The minimum absolute atomic E-state index is 0.322. The van der Waals surface area contributed by atoms with Crippen LogP contribution in [0, 0.1) is 6.92 Å². The third-order valence-corrected chi connectivity index (χ3v) is 3.47. The van der Waals surface area contributed by atoms with Gasteiger partial charge in [0.2, 0.25) is 0 Å². The number of benzene rings is 1. The molecule has 0 aliphatic heterocycles. The molecule has 2 amide bonds. The highest BCUT2D eigenvalue weighted by Crippen LogP contribution is 2.26. The number of ether oxygens (including phenoxy) is 1. The lowest BCUT2D eigenvalue weighted by atomic mass is 10.2. The summed E-state index contributed by atoms with van der Waals surface area (Å²) in [5.74, 6) is 0.902. The average Bonchev–Trinajstić information content (AvgIpc) is 2.42. The van der Waals surface area contributed by atoms with Gasteiger partial charge >= 0.3 is 6.03 Å². The number of nitrogens with zero attached hydrogens (tertiary/aromatic N) is 2. The Morgan fingerprint density at radius 3 is 2.71 bits per heavy atom. The fraction of sp³-hybridized carbons (Fsp3) is 0.154. The molecule has 21 heavy (non-hydrogen) atoms. The first kappa shape index (κ1) is 15.7. The molecule has 110 valence electrons. The van der Waals surface area contributed by atoms with E-state index in [0.717, 1.165) is 5.56 Å². The van der Waals surface area contributed by atoms with E-state index in [4.69, 9.17) is 4.74 Å². The monoisotopic (exact) mass is 414 g/mol. The number of aromatic nitrogens is 2. The fourth-order valence-electron chi connectivity index (χ4n) is 1.61. The summed E-state index contributed by atoms with van der Waals surface area (Å²) in [6.07, 6.45) is 1.49. The van der Waals surface area contributed by atoms with E-state index in [1.165, 1.54) is 6.20 Å². The number of hydrogen-bond donors (Lipinski definition) is 2. The molecule has 6 nitrogen and oxygen atoms in total. The molecule has 0 unspecified atom stereocenters. The Labute approximate surface area is 138 Å². The van der Waals surface area contributed by atoms with Gasteiger partial charge in [-0.3, -0.25) is 5.32 Å². The summed E-state index contributed by atoms with van der Waals surface area (Å²) in [6.45, 7) is 1.93. The quantitative estimate of drug-likeness (QED) is 0.795. The zero-order chi connectivity index (χ0) is 15.4. The van der Waals surface area contributed by atoms with E-state index in [-0.39, 0.29) is 0 Å². The van der Waals surface area contributed by atoms with Crippen molar-refractivity contribution in [2.24, 2.45) is 0 Å². The van der Waals surface area contributed by atoms with Crippen LogP contribution in [0.4, 0.5) is 16.3 Å². The number of methoxy groups -OCH3 is 1. The summed E-state index contributed by atoms with van der Waals surface area (Å²) in [7, 11) is 1.55. The van der Waals surface area contributed by atoms with Gasteiger partial charge in [-0.25, -0.2) is 14.8 Å². The molecule has 2 aromatic rings. The van der Waals surface area contributed by atoms with Crippen molar-refractivity contribution >= 4 is 49.4 Å². The molecule has 0 saturated heterocycles. The molecule has 0 saturated carbocycles. The Morgan fingerprint density at radius 2 is 2.05 bits per heavy atom. The number of amides is 2. The molecule has 1 heterocycles. The van der Waals surface area contributed by atoms with Crippen LogP contribution in [0.25, 0.3) is 0 Å². The molecule has 0 aliphatic carbocycles. The van der Waals surface area contributed by atoms with E-state index in [1.54, 1.807) is 13.2 Å². The molecule has 2 N–H and O–H groups in total.